The smallest absolute Gasteiger partial charge is 0.122 e. The maximum Gasteiger partial charge on any atom is 0.122 e. The highest BCUT2D eigenvalue weighted by molar-refractivity contribution is 6.32. The second-order valence-corrected chi connectivity index (χ2v) is 3.45. The minimum Gasteiger partial charge on any atom is -0.384 e. The molecule has 0 bridgehead atoms. The zero-order valence-corrected chi connectivity index (χ0v) is 8.65. The number of anilines is 1. The molecule has 0 aromatic carbocycles. The van der Waals surface area contributed by atoms with Crippen molar-refractivity contribution in [1.29, 1.82) is 0 Å². The number of hydrogen-bond acceptors (Lipinski definition) is 3. The summed E-state index contributed by atoms with van der Waals surface area (Å²) in [6, 6.07) is 1.77. The number of rotatable bonds is 1. The predicted molar refractivity (Wildman–Crippen MR) is 54.8 cm³/mol. The molecule has 2 rings (SSSR count). The van der Waals surface area contributed by atoms with E-state index < -0.39 is 0 Å². The lowest BCUT2D eigenvalue weighted by molar-refractivity contribution is 0.754. The Morgan fingerprint density at radius 2 is 2.07 bits per heavy atom. The van der Waals surface area contributed by atoms with Crippen LogP contribution in [-0.2, 0) is 14.1 Å². The van der Waals surface area contributed by atoms with Gasteiger partial charge in [-0.15, -0.1) is 0 Å². The van der Waals surface area contributed by atoms with Crippen molar-refractivity contribution in [3.8, 4) is 11.4 Å². The lowest BCUT2D eigenvalue weighted by Gasteiger charge is -1.97. The predicted octanol–water partition coefficient (Wildman–Crippen LogP) is 1.06. The molecule has 0 aliphatic heterocycles. The third-order valence-electron chi connectivity index (χ3n) is 2.05. The lowest BCUT2D eigenvalue weighted by Crippen LogP contribution is -1.97. The fraction of sp³-hybridized carbons (Fsp3) is 0.250. The van der Waals surface area contributed by atoms with Crippen molar-refractivity contribution in [3.05, 3.63) is 17.3 Å². The molecule has 2 aromatic heterocycles. The number of halogens is 1. The van der Waals surface area contributed by atoms with E-state index in [1.807, 2.05) is 7.05 Å². The Kier molecular flexibility index (Phi) is 1.96. The van der Waals surface area contributed by atoms with Crippen LogP contribution in [0.1, 0.15) is 0 Å². The summed E-state index contributed by atoms with van der Waals surface area (Å²) in [5.41, 5.74) is 7.18. The van der Waals surface area contributed by atoms with Crippen LogP contribution < -0.4 is 5.73 Å². The molecule has 0 saturated heterocycles. The number of nitrogens with zero attached hydrogens (tertiary/aromatic N) is 4. The first kappa shape index (κ1) is 9.08. The molecule has 0 atom stereocenters. The van der Waals surface area contributed by atoms with Gasteiger partial charge in [0.2, 0.25) is 0 Å². The molecule has 2 N–H and O–H groups in total. The molecular formula is C8H10ClN5. The van der Waals surface area contributed by atoms with Gasteiger partial charge in [-0.05, 0) is 0 Å². The van der Waals surface area contributed by atoms with Gasteiger partial charge >= 0.3 is 0 Å². The second-order valence-electron chi connectivity index (χ2n) is 3.04. The van der Waals surface area contributed by atoms with Gasteiger partial charge in [0.05, 0.1) is 11.2 Å². The van der Waals surface area contributed by atoms with Crippen LogP contribution in [-0.4, -0.2) is 19.6 Å². The van der Waals surface area contributed by atoms with Crippen molar-refractivity contribution in [2.75, 3.05) is 5.73 Å². The maximum atomic E-state index is 5.97. The molecule has 14 heavy (non-hydrogen) atoms. The van der Waals surface area contributed by atoms with Crippen LogP contribution in [0.25, 0.3) is 11.4 Å². The SMILES string of the molecule is Cn1nc(-c2c(Cl)cnn2C)cc1N. The number of nitrogen functional groups attached to an aromatic ring is 1. The average molecular weight is 212 g/mol. The summed E-state index contributed by atoms with van der Waals surface area (Å²) < 4.78 is 3.27. The molecule has 2 aromatic rings. The van der Waals surface area contributed by atoms with E-state index >= 15 is 0 Å². The standard InChI is InChI=1S/C8H10ClN5/c1-13-7(10)3-6(12-13)8-5(9)4-11-14(8)2/h3-4H,10H2,1-2H3. The zero-order chi connectivity index (χ0) is 10.3. The summed E-state index contributed by atoms with van der Waals surface area (Å²) in [6.07, 6.45) is 1.59. The van der Waals surface area contributed by atoms with Crippen molar-refractivity contribution in [3.63, 3.8) is 0 Å². The normalized spacial score (nSPS) is 10.8. The number of hydrogen-bond donors (Lipinski definition) is 1. The molecule has 0 unspecified atom stereocenters. The quantitative estimate of drug-likeness (QED) is 0.767. The molecule has 2 heterocycles. The molecule has 0 radical (unpaired) electrons. The molecule has 0 aliphatic rings. The molecule has 0 saturated carbocycles. The van der Waals surface area contributed by atoms with Crippen LogP contribution in [0, 0.1) is 0 Å². The summed E-state index contributed by atoms with van der Waals surface area (Å²) in [4.78, 5) is 0. The third kappa shape index (κ3) is 1.26. The van der Waals surface area contributed by atoms with Gasteiger partial charge in [0.1, 0.15) is 17.2 Å². The van der Waals surface area contributed by atoms with E-state index in [9.17, 15) is 0 Å². The fourth-order valence-corrected chi connectivity index (χ4v) is 1.56. The van der Waals surface area contributed by atoms with Crippen LogP contribution in [0.4, 0.5) is 5.82 Å². The van der Waals surface area contributed by atoms with E-state index in [2.05, 4.69) is 10.2 Å². The number of aryl methyl sites for hydroxylation is 2. The average Bonchev–Trinajstić information content (AvgIpc) is 2.59. The van der Waals surface area contributed by atoms with E-state index in [4.69, 9.17) is 17.3 Å². The van der Waals surface area contributed by atoms with Crippen LogP contribution in [0.2, 0.25) is 5.02 Å². The zero-order valence-electron chi connectivity index (χ0n) is 7.90. The van der Waals surface area contributed by atoms with Gasteiger partial charge in [-0.1, -0.05) is 11.6 Å². The van der Waals surface area contributed by atoms with Gasteiger partial charge in [0.15, 0.2) is 0 Å². The summed E-state index contributed by atoms with van der Waals surface area (Å²) >= 11 is 5.97. The van der Waals surface area contributed by atoms with E-state index in [0.29, 0.717) is 10.8 Å². The van der Waals surface area contributed by atoms with E-state index in [-0.39, 0.29) is 0 Å². The first-order valence-corrected chi connectivity index (χ1v) is 4.45. The summed E-state index contributed by atoms with van der Waals surface area (Å²) in [7, 11) is 3.59. The van der Waals surface area contributed by atoms with Gasteiger partial charge in [0.25, 0.3) is 0 Å². The van der Waals surface area contributed by atoms with Crippen molar-refractivity contribution in [1.82, 2.24) is 19.6 Å². The van der Waals surface area contributed by atoms with Crippen LogP contribution in [0.3, 0.4) is 0 Å². The highest BCUT2D eigenvalue weighted by Gasteiger charge is 2.12. The molecular weight excluding hydrogens is 202 g/mol. The minimum atomic E-state index is 0.575. The van der Waals surface area contributed by atoms with Gasteiger partial charge in [-0.25, -0.2) is 0 Å². The molecule has 0 fully saturated rings. The lowest BCUT2D eigenvalue weighted by atomic mass is 10.3. The third-order valence-corrected chi connectivity index (χ3v) is 2.33. The number of aromatic nitrogens is 4. The molecule has 74 valence electrons. The molecule has 0 spiro atoms. The number of nitrogens with two attached hydrogens (primary N) is 1. The molecule has 0 amide bonds. The molecule has 6 heteroatoms. The van der Waals surface area contributed by atoms with Crippen molar-refractivity contribution in [2.45, 2.75) is 0 Å². The van der Waals surface area contributed by atoms with Crippen LogP contribution in [0.5, 0.6) is 0 Å². The Morgan fingerprint density at radius 1 is 1.36 bits per heavy atom. The Hall–Kier alpha value is -1.49. The van der Waals surface area contributed by atoms with Crippen LogP contribution in [0.15, 0.2) is 12.3 Å². The van der Waals surface area contributed by atoms with E-state index in [1.54, 1.807) is 28.7 Å². The largest absolute Gasteiger partial charge is 0.384 e. The second kappa shape index (κ2) is 3.02. The topological polar surface area (TPSA) is 61.7 Å². The molecule has 5 nitrogen and oxygen atoms in total. The summed E-state index contributed by atoms with van der Waals surface area (Å²) in [5, 5.41) is 8.82. The Bertz CT molecular complexity index is 431. The van der Waals surface area contributed by atoms with Gasteiger partial charge < -0.3 is 5.73 Å². The maximum absolute atomic E-state index is 5.97. The van der Waals surface area contributed by atoms with Gasteiger partial charge in [-0.3, -0.25) is 9.36 Å². The van der Waals surface area contributed by atoms with Crippen molar-refractivity contribution in [2.24, 2.45) is 14.1 Å². The first-order chi connectivity index (χ1) is 6.59. The van der Waals surface area contributed by atoms with Crippen molar-refractivity contribution < 1.29 is 0 Å². The molecule has 0 aliphatic carbocycles. The van der Waals surface area contributed by atoms with Gasteiger partial charge in [0, 0.05) is 20.2 Å². The minimum absolute atomic E-state index is 0.575. The van der Waals surface area contributed by atoms with E-state index in [1.165, 1.54) is 0 Å². The Balaban J connectivity index is 2.59. The monoisotopic (exact) mass is 211 g/mol. The highest BCUT2D eigenvalue weighted by Crippen LogP contribution is 2.26. The van der Waals surface area contributed by atoms with Gasteiger partial charge in [-0.2, -0.15) is 10.2 Å². The van der Waals surface area contributed by atoms with Crippen molar-refractivity contribution >= 4 is 17.4 Å². The van der Waals surface area contributed by atoms with Crippen LogP contribution >= 0.6 is 11.6 Å². The van der Waals surface area contributed by atoms with E-state index in [0.717, 1.165) is 11.4 Å². The highest BCUT2D eigenvalue weighted by atomic mass is 35.5. The Labute approximate surface area is 86.1 Å². The fourth-order valence-electron chi connectivity index (χ4n) is 1.30. The first-order valence-electron chi connectivity index (χ1n) is 4.07. The Morgan fingerprint density at radius 3 is 2.50 bits per heavy atom. The summed E-state index contributed by atoms with van der Waals surface area (Å²) in [5.74, 6) is 0.595. The summed E-state index contributed by atoms with van der Waals surface area (Å²) in [6.45, 7) is 0.